The van der Waals surface area contributed by atoms with E-state index in [0.29, 0.717) is 0 Å². The van der Waals surface area contributed by atoms with E-state index in [-0.39, 0.29) is 28.4 Å². The minimum atomic E-state index is -4.28. The first-order chi connectivity index (χ1) is 6.02. The van der Waals surface area contributed by atoms with Gasteiger partial charge in [0.1, 0.15) is 0 Å². The zero-order valence-corrected chi connectivity index (χ0v) is 10.7. The molecule has 1 atom stereocenters. The molecule has 2 nitrogen and oxygen atoms in total. The standard InChI is InChI=1S/C9H16F3N2.Mn/c1-6(9(10,11)12)13-7(2)14-8(3,4)5;/h6H,1-5H3;/q-1;. The minimum Gasteiger partial charge on any atom is -0.464 e. The fourth-order valence-corrected chi connectivity index (χ4v) is 0.868. The maximum absolute atomic E-state index is 12.1. The van der Waals surface area contributed by atoms with E-state index in [0.717, 1.165) is 6.92 Å². The van der Waals surface area contributed by atoms with Gasteiger partial charge in [-0.3, -0.25) is 0 Å². The van der Waals surface area contributed by atoms with Crippen LogP contribution in [0.1, 0.15) is 34.6 Å². The molecule has 0 saturated heterocycles. The Hall–Kier alpha value is -0.221. The van der Waals surface area contributed by atoms with Gasteiger partial charge in [0.05, 0.1) is 6.04 Å². The van der Waals surface area contributed by atoms with Crippen molar-refractivity contribution in [2.45, 2.75) is 52.4 Å². The van der Waals surface area contributed by atoms with Crippen LogP contribution >= 0.6 is 0 Å². The first-order valence-corrected chi connectivity index (χ1v) is 4.36. The van der Waals surface area contributed by atoms with Crippen LogP contribution in [0.15, 0.2) is 4.99 Å². The number of hydrogen-bond acceptors (Lipinski definition) is 1. The topological polar surface area (TPSA) is 26.5 Å². The molecule has 6 heteroatoms. The summed E-state index contributed by atoms with van der Waals surface area (Å²) in [5.41, 5.74) is -0.390. The summed E-state index contributed by atoms with van der Waals surface area (Å²) in [7, 11) is 0. The Morgan fingerprint density at radius 3 is 1.87 bits per heavy atom. The average Bonchev–Trinajstić information content (AvgIpc) is 1.79. The quantitative estimate of drug-likeness (QED) is 0.393. The summed E-state index contributed by atoms with van der Waals surface area (Å²) in [5, 5.41) is 3.46. The minimum absolute atomic E-state index is 0. The van der Waals surface area contributed by atoms with Gasteiger partial charge in [-0.1, -0.05) is 33.5 Å². The van der Waals surface area contributed by atoms with Gasteiger partial charge in [-0.15, -0.1) is 0 Å². The van der Waals surface area contributed by atoms with Crippen LogP contribution in [0, 0.1) is 0 Å². The summed E-state index contributed by atoms with van der Waals surface area (Å²) in [6.07, 6.45) is -4.28. The first kappa shape index (κ1) is 17.2. The molecule has 0 N–H and O–H groups in total. The van der Waals surface area contributed by atoms with Gasteiger partial charge in [-0.25, -0.2) is 0 Å². The molecule has 0 aliphatic carbocycles. The zero-order valence-electron chi connectivity index (χ0n) is 9.48. The van der Waals surface area contributed by atoms with E-state index in [1.165, 1.54) is 6.92 Å². The van der Waals surface area contributed by atoms with E-state index in [1.54, 1.807) is 0 Å². The number of nitrogens with zero attached hydrogens (tertiary/aromatic N) is 2. The second-order valence-corrected chi connectivity index (χ2v) is 4.18. The Kier molecular flexibility index (Phi) is 6.59. The van der Waals surface area contributed by atoms with Crippen molar-refractivity contribution in [3.8, 4) is 0 Å². The molecular weight excluding hydrogens is 248 g/mol. The van der Waals surface area contributed by atoms with Crippen LogP contribution in [0.5, 0.6) is 0 Å². The van der Waals surface area contributed by atoms with Crippen molar-refractivity contribution in [3.63, 3.8) is 0 Å². The van der Waals surface area contributed by atoms with Crippen molar-refractivity contribution in [2.24, 2.45) is 4.99 Å². The number of aliphatic imine (C=N–C) groups is 1. The van der Waals surface area contributed by atoms with E-state index in [9.17, 15) is 13.2 Å². The van der Waals surface area contributed by atoms with E-state index in [4.69, 9.17) is 0 Å². The molecule has 0 aromatic rings. The molecule has 1 unspecified atom stereocenters. The van der Waals surface area contributed by atoms with Crippen molar-refractivity contribution in [2.75, 3.05) is 0 Å². The molecule has 91 valence electrons. The van der Waals surface area contributed by atoms with Crippen LogP contribution in [0.3, 0.4) is 0 Å². The molecule has 1 radical (unpaired) electrons. The van der Waals surface area contributed by atoms with Gasteiger partial charge in [-0.2, -0.15) is 13.2 Å². The van der Waals surface area contributed by atoms with E-state index in [1.807, 2.05) is 20.8 Å². The predicted molar refractivity (Wildman–Crippen MR) is 51.7 cm³/mol. The molecule has 0 saturated carbocycles. The number of hydrogen-bond donors (Lipinski definition) is 0. The van der Waals surface area contributed by atoms with Gasteiger partial charge in [0.2, 0.25) is 0 Å². The number of alkyl halides is 3. The zero-order chi connectivity index (χ0) is 11.6. The molecule has 0 aromatic carbocycles. The summed E-state index contributed by atoms with van der Waals surface area (Å²) in [5.74, 6) is 0.183. The maximum atomic E-state index is 12.1. The fraction of sp³-hybridized carbons (Fsp3) is 0.889. The molecule has 0 aliphatic heterocycles. The molecule has 0 heterocycles. The number of halogens is 3. The molecular formula is C9H16F3MnN2-. The Bertz CT molecular complexity index is 218. The predicted octanol–water partition coefficient (Wildman–Crippen LogP) is 3.53. The van der Waals surface area contributed by atoms with Crippen molar-refractivity contribution in [1.82, 2.24) is 0 Å². The summed E-state index contributed by atoms with van der Waals surface area (Å²) < 4.78 is 36.3. The van der Waals surface area contributed by atoms with Crippen molar-refractivity contribution in [3.05, 3.63) is 5.32 Å². The smallest absolute Gasteiger partial charge is 0.390 e. The normalized spacial score (nSPS) is 15.6. The van der Waals surface area contributed by atoms with Crippen LogP contribution in [0.25, 0.3) is 5.32 Å². The van der Waals surface area contributed by atoms with Gasteiger partial charge < -0.3 is 10.3 Å². The Morgan fingerprint density at radius 1 is 1.20 bits per heavy atom. The van der Waals surface area contributed by atoms with Gasteiger partial charge in [0, 0.05) is 17.1 Å². The van der Waals surface area contributed by atoms with Crippen molar-refractivity contribution < 1.29 is 30.2 Å². The largest absolute Gasteiger partial charge is 0.464 e. The summed E-state index contributed by atoms with van der Waals surface area (Å²) in [6, 6.07) is -1.69. The molecule has 0 aromatic heterocycles. The van der Waals surface area contributed by atoms with Gasteiger partial charge >= 0.3 is 6.18 Å². The fourth-order valence-electron chi connectivity index (χ4n) is 0.868. The Balaban J connectivity index is 0. The third-order valence-electron chi connectivity index (χ3n) is 1.35. The molecule has 0 fully saturated rings. The maximum Gasteiger partial charge on any atom is 0.390 e. The molecule has 0 bridgehead atoms. The van der Waals surface area contributed by atoms with E-state index < -0.39 is 12.2 Å². The first-order valence-electron chi connectivity index (χ1n) is 4.36. The van der Waals surface area contributed by atoms with Crippen LogP contribution in [-0.4, -0.2) is 23.6 Å². The summed E-state index contributed by atoms with van der Waals surface area (Å²) in [6.45, 7) is 7.92. The molecule has 15 heavy (non-hydrogen) atoms. The summed E-state index contributed by atoms with van der Waals surface area (Å²) in [4.78, 5) is 4.01. The third kappa shape index (κ3) is 8.75. The SMILES string of the molecule is CC(=NC(C)(C)C)[N-]C(C)C(F)(F)F.[Mn]. The Labute approximate surface area is 99.2 Å². The molecule has 0 aliphatic rings. The van der Waals surface area contributed by atoms with Crippen LogP contribution in [-0.2, 0) is 17.1 Å². The van der Waals surface area contributed by atoms with Gasteiger partial charge in [0.25, 0.3) is 0 Å². The van der Waals surface area contributed by atoms with Gasteiger partial charge in [-0.05, 0) is 12.5 Å². The monoisotopic (exact) mass is 264 g/mol. The van der Waals surface area contributed by atoms with Crippen LogP contribution in [0.4, 0.5) is 13.2 Å². The van der Waals surface area contributed by atoms with Crippen molar-refractivity contribution in [1.29, 1.82) is 0 Å². The van der Waals surface area contributed by atoms with E-state index >= 15 is 0 Å². The molecule has 0 amide bonds. The van der Waals surface area contributed by atoms with Crippen LogP contribution in [0.2, 0.25) is 0 Å². The van der Waals surface area contributed by atoms with Gasteiger partial charge in [0.15, 0.2) is 0 Å². The van der Waals surface area contributed by atoms with E-state index in [2.05, 4.69) is 10.3 Å². The van der Waals surface area contributed by atoms with Crippen LogP contribution < -0.4 is 0 Å². The second kappa shape index (κ2) is 5.75. The third-order valence-corrected chi connectivity index (χ3v) is 1.35. The number of rotatable bonds is 1. The molecule has 0 spiro atoms. The molecule has 0 rings (SSSR count). The number of amidine groups is 1. The van der Waals surface area contributed by atoms with Crippen molar-refractivity contribution >= 4 is 5.84 Å². The Morgan fingerprint density at radius 2 is 1.60 bits per heavy atom. The second-order valence-electron chi connectivity index (χ2n) is 4.18. The summed E-state index contributed by atoms with van der Waals surface area (Å²) >= 11 is 0. The average molecular weight is 264 g/mol.